The number of aromatic hydroxyl groups is 1. The van der Waals surface area contributed by atoms with Gasteiger partial charge in [0.15, 0.2) is 12.4 Å². The molecule has 0 bridgehead atoms. The van der Waals surface area contributed by atoms with Crippen LogP contribution in [0.5, 0.6) is 11.5 Å². The monoisotopic (exact) mass is 326 g/mol. The molecule has 7 heteroatoms. The maximum Gasteiger partial charge on any atom is 0.266 e. The number of aromatic nitrogens is 1. The van der Waals surface area contributed by atoms with Crippen molar-refractivity contribution < 1.29 is 19.0 Å². The van der Waals surface area contributed by atoms with Crippen LogP contribution in [0.2, 0.25) is 0 Å². The fourth-order valence-electron chi connectivity index (χ4n) is 2.74. The van der Waals surface area contributed by atoms with Crippen LogP contribution >= 0.6 is 0 Å². The van der Waals surface area contributed by atoms with E-state index in [0.717, 1.165) is 10.6 Å². The van der Waals surface area contributed by atoms with Gasteiger partial charge in [-0.1, -0.05) is 12.1 Å². The number of pyridine rings is 1. The van der Waals surface area contributed by atoms with Gasteiger partial charge in [0.25, 0.3) is 11.5 Å². The molecule has 4 rings (SSSR count). The van der Waals surface area contributed by atoms with Crippen molar-refractivity contribution in [1.82, 2.24) is 4.57 Å². The summed E-state index contributed by atoms with van der Waals surface area (Å²) in [6.45, 7) is -0.185. The van der Waals surface area contributed by atoms with Crippen molar-refractivity contribution in [1.29, 1.82) is 0 Å². The summed E-state index contributed by atoms with van der Waals surface area (Å²) >= 11 is 0. The molecule has 1 amide bonds. The van der Waals surface area contributed by atoms with E-state index in [1.165, 1.54) is 18.3 Å². The van der Waals surface area contributed by atoms with Crippen molar-refractivity contribution in [3.63, 3.8) is 0 Å². The molecule has 0 radical (unpaired) electrons. The van der Waals surface area contributed by atoms with Crippen LogP contribution in [-0.4, -0.2) is 22.2 Å². The highest BCUT2D eigenvalue weighted by molar-refractivity contribution is 5.95. The minimum Gasteiger partial charge on any atom is -0.507 e. The Morgan fingerprint density at radius 3 is 2.88 bits per heavy atom. The number of carbonyl (C=O) groups is 1. The van der Waals surface area contributed by atoms with Gasteiger partial charge in [0.1, 0.15) is 11.5 Å². The molecule has 1 aromatic heterocycles. The molecule has 2 heterocycles. The minimum absolute atomic E-state index is 0.0466. The lowest BCUT2D eigenvalue weighted by atomic mass is 10.1. The van der Waals surface area contributed by atoms with Gasteiger partial charge in [-0.05, 0) is 23.6 Å². The first-order valence-electron chi connectivity index (χ1n) is 7.14. The van der Waals surface area contributed by atoms with Gasteiger partial charge in [0.05, 0.1) is 16.8 Å². The van der Waals surface area contributed by atoms with Crippen LogP contribution in [0.3, 0.4) is 0 Å². The summed E-state index contributed by atoms with van der Waals surface area (Å²) in [5.41, 5.74) is -0.325. The van der Waals surface area contributed by atoms with E-state index in [-0.39, 0.29) is 40.8 Å². The number of rotatable bonds is 1. The number of nitrogens with one attached hydrogen (secondary N) is 1. The molecule has 0 fully saturated rings. The number of amides is 1. The number of carbonyl (C=O) groups excluding carboxylic acids is 1. The molecule has 6 nitrogen and oxygen atoms in total. The van der Waals surface area contributed by atoms with Gasteiger partial charge in [0.2, 0.25) is 0 Å². The Labute approximate surface area is 134 Å². The Balaban J connectivity index is 1.97. The Bertz CT molecular complexity index is 1060. The Hall–Kier alpha value is -3.35. The van der Waals surface area contributed by atoms with Crippen LogP contribution < -0.4 is 15.6 Å². The second-order valence-corrected chi connectivity index (χ2v) is 5.37. The van der Waals surface area contributed by atoms with Crippen molar-refractivity contribution in [3.8, 4) is 17.2 Å². The molecule has 1 aliphatic heterocycles. The van der Waals surface area contributed by atoms with Gasteiger partial charge in [-0.15, -0.1) is 0 Å². The third-order valence-electron chi connectivity index (χ3n) is 3.85. The van der Waals surface area contributed by atoms with Gasteiger partial charge in [0, 0.05) is 12.3 Å². The third kappa shape index (κ3) is 2.10. The molecule has 120 valence electrons. The van der Waals surface area contributed by atoms with E-state index in [9.17, 15) is 19.1 Å². The molecule has 0 unspecified atom stereocenters. The van der Waals surface area contributed by atoms with Crippen molar-refractivity contribution in [3.05, 3.63) is 58.8 Å². The first kappa shape index (κ1) is 14.3. The van der Waals surface area contributed by atoms with E-state index in [0.29, 0.717) is 5.39 Å². The number of phenolic OH excluding ortho intramolecular Hbond substituents is 1. The summed E-state index contributed by atoms with van der Waals surface area (Å²) in [6.07, 6.45) is 1.42. The predicted octanol–water partition coefficient (Wildman–Crippen LogP) is 2.17. The van der Waals surface area contributed by atoms with Crippen LogP contribution in [0.4, 0.5) is 10.1 Å². The number of anilines is 1. The fraction of sp³-hybridized carbons (Fsp3) is 0.0588. The normalized spacial score (nSPS) is 13.3. The zero-order chi connectivity index (χ0) is 16.8. The molecule has 0 saturated heterocycles. The molecule has 0 spiro atoms. The van der Waals surface area contributed by atoms with Crippen molar-refractivity contribution >= 4 is 22.4 Å². The molecular weight excluding hydrogens is 315 g/mol. The molecule has 1 aliphatic rings. The standard InChI is InChI=1S/C17H11FN2O4/c18-10-6-14-11(19-15(22)8-24-14)7-12(10)20-5-4-9-2-1-3-13(21)16(9)17(20)23/h1-7,21H,8H2,(H,19,22). The summed E-state index contributed by atoms with van der Waals surface area (Å²) in [6, 6.07) is 8.74. The Morgan fingerprint density at radius 2 is 2.04 bits per heavy atom. The van der Waals surface area contributed by atoms with Crippen LogP contribution in [0.1, 0.15) is 0 Å². The van der Waals surface area contributed by atoms with Crippen LogP contribution in [0.25, 0.3) is 16.5 Å². The summed E-state index contributed by atoms with van der Waals surface area (Å²) in [7, 11) is 0. The molecule has 24 heavy (non-hydrogen) atoms. The third-order valence-corrected chi connectivity index (χ3v) is 3.85. The lowest BCUT2D eigenvalue weighted by molar-refractivity contribution is -0.118. The number of halogens is 1. The highest BCUT2D eigenvalue weighted by Crippen LogP contribution is 2.32. The van der Waals surface area contributed by atoms with E-state index >= 15 is 0 Å². The topological polar surface area (TPSA) is 80.6 Å². The van der Waals surface area contributed by atoms with E-state index in [4.69, 9.17) is 4.74 Å². The second kappa shape index (κ2) is 5.09. The quantitative estimate of drug-likeness (QED) is 0.718. The van der Waals surface area contributed by atoms with E-state index < -0.39 is 11.4 Å². The number of hydrogen-bond acceptors (Lipinski definition) is 4. The van der Waals surface area contributed by atoms with Gasteiger partial charge >= 0.3 is 0 Å². The Morgan fingerprint density at radius 1 is 1.21 bits per heavy atom. The van der Waals surface area contributed by atoms with Crippen molar-refractivity contribution in [2.75, 3.05) is 11.9 Å². The lowest BCUT2D eigenvalue weighted by Crippen LogP contribution is -2.26. The molecule has 2 aromatic carbocycles. The van der Waals surface area contributed by atoms with Crippen LogP contribution in [0, 0.1) is 5.82 Å². The first-order valence-corrected chi connectivity index (χ1v) is 7.14. The summed E-state index contributed by atoms with van der Waals surface area (Å²) in [4.78, 5) is 24.1. The second-order valence-electron chi connectivity index (χ2n) is 5.37. The molecule has 0 aliphatic carbocycles. The van der Waals surface area contributed by atoms with Crippen molar-refractivity contribution in [2.45, 2.75) is 0 Å². The lowest BCUT2D eigenvalue weighted by Gasteiger charge is -2.19. The van der Waals surface area contributed by atoms with E-state index in [1.54, 1.807) is 18.2 Å². The number of nitrogens with zero attached hydrogens (tertiary/aromatic N) is 1. The summed E-state index contributed by atoms with van der Waals surface area (Å²) in [5, 5.41) is 13.1. The SMILES string of the molecule is O=C1COc2cc(F)c(-n3ccc4cccc(O)c4c3=O)cc2N1. The number of fused-ring (bicyclic) bond motifs is 2. The first-order chi connectivity index (χ1) is 11.5. The number of phenols is 1. The minimum atomic E-state index is -0.679. The fourth-order valence-corrected chi connectivity index (χ4v) is 2.74. The van der Waals surface area contributed by atoms with Gasteiger partial charge in [-0.2, -0.15) is 0 Å². The zero-order valence-corrected chi connectivity index (χ0v) is 12.2. The molecule has 0 saturated carbocycles. The predicted molar refractivity (Wildman–Crippen MR) is 85.3 cm³/mol. The van der Waals surface area contributed by atoms with Gasteiger partial charge < -0.3 is 15.2 Å². The largest absolute Gasteiger partial charge is 0.507 e. The van der Waals surface area contributed by atoms with Crippen LogP contribution in [-0.2, 0) is 4.79 Å². The molecule has 2 N–H and O–H groups in total. The Kier molecular flexibility index (Phi) is 3.02. The maximum atomic E-state index is 14.4. The smallest absolute Gasteiger partial charge is 0.266 e. The highest BCUT2D eigenvalue weighted by Gasteiger charge is 2.20. The van der Waals surface area contributed by atoms with Gasteiger partial charge in [-0.3, -0.25) is 14.2 Å². The number of benzene rings is 2. The molecule has 3 aromatic rings. The average Bonchev–Trinajstić information content (AvgIpc) is 2.55. The van der Waals surface area contributed by atoms with E-state index in [2.05, 4.69) is 5.32 Å². The van der Waals surface area contributed by atoms with E-state index in [1.807, 2.05) is 0 Å². The summed E-state index contributed by atoms with van der Waals surface area (Å²) < 4.78 is 20.7. The zero-order valence-electron chi connectivity index (χ0n) is 12.2. The number of hydrogen-bond donors (Lipinski definition) is 2. The van der Waals surface area contributed by atoms with Crippen LogP contribution in [0.15, 0.2) is 47.4 Å². The van der Waals surface area contributed by atoms with Gasteiger partial charge in [-0.25, -0.2) is 4.39 Å². The highest BCUT2D eigenvalue weighted by atomic mass is 19.1. The maximum absolute atomic E-state index is 14.4. The molecule has 0 atom stereocenters. The summed E-state index contributed by atoms with van der Waals surface area (Å²) in [5.74, 6) is -1.01. The van der Waals surface area contributed by atoms with Crippen molar-refractivity contribution in [2.24, 2.45) is 0 Å². The molecular formula is C17H11FN2O4. The number of ether oxygens (including phenoxy) is 1. The average molecular weight is 326 g/mol.